The monoisotopic (exact) mass is 438 g/mol. The summed E-state index contributed by atoms with van der Waals surface area (Å²) in [5.74, 6) is 2.17. The van der Waals surface area contributed by atoms with E-state index in [-0.39, 0.29) is 22.7 Å². The molecule has 2 N–H and O–H groups in total. The fourth-order valence-corrected chi connectivity index (χ4v) is 2.69. The van der Waals surface area contributed by atoms with Crippen LogP contribution < -0.4 is 18.9 Å². The fourth-order valence-electron chi connectivity index (χ4n) is 2.69. The number of nitriles is 2. The molecule has 0 aliphatic carbocycles. The quantitative estimate of drug-likeness (QED) is 0.475. The summed E-state index contributed by atoms with van der Waals surface area (Å²) in [5.41, 5.74) is 1.64. The van der Waals surface area contributed by atoms with Crippen molar-refractivity contribution < 1.29 is 29.2 Å². The number of methoxy groups -OCH3 is 4. The second kappa shape index (κ2) is 12.4. The standard InChI is InChI=1S/2C12H13NO3/c2*1-8(14)10(7-13)9-4-5-11(15-2)12(6-9)16-3/h2*4-6,14H,1-3H3/b2*10-8-. The Labute approximate surface area is 187 Å². The second-order valence-corrected chi connectivity index (χ2v) is 6.28. The molecule has 0 aromatic heterocycles. The number of hydrogen-bond donors (Lipinski definition) is 2. The van der Waals surface area contributed by atoms with Gasteiger partial charge in [0.05, 0.1) is 39.6 Å². The highest BCUT2D eigenvalue weighted by Gasteiger charge is 2.10. The average Bonchev–Trinajstić information content (AvgIpc) is 2.79. The molecule has 0 bridgehead atoms. The van der Waals surface area contributed by atoms with E-state index in [4.69, 9.17) is 29.5 Å². The van der Waals surface area contributed by atoms with Crippen LogP contribution in [0.3, 0.4) is 0 Å². The minimum atomic E-state index is -0.0188. The number of benzene rings is 2. The van der Waals surface area contributed by atoms with Crippen molar-refractivity contribution in [3.63, 3.8) is 0 Å². The minimum Gasteiger partial charge on any atom is -0.511 e. The maximum Gasteiger partial charge on any atom is 0.161 e. The summed E-state index contributed by atoms with van der Waals surface area (Å²) in [7, 11) is 6.11. The molecule has 0 spiro atoms. The molecule has 8 heteroatoms. The summed E-state index contributed by atoms with van der Waals surface area (Å²) in [6, 6.07) is 13.9. The third kappa shape index (κ3) is 6.35. The van der Waals surface area contributed by atoms with Crippen molar-refractivity contribution in [2.75, 3.05) is 28.4 Å². The van der Waals surface area contributed by atoms with Gasteiger partial charge in [0.25, 0.3) is 0 Å². The average molecular weight is 438 g/mol. The zero-order valence-electron chi connectivity index (χ0n) is 18.9. The summed E-state index contributed by atoms with van der Waals surface area (Å²) in [4.78, 5) is 0. The maximum absolute atomic E-state index is 9.34. The molecular weight excluding hydrogens is 412 g/mol. The second-order valence-electron chi connectivity index (χ2n) is 6.28. The van der Waals surface area contributed by atoms with Gasteiger partial charge in [-0.3, -0.25) is 0 Å². The molecule has 168 valence electrons. The molecule has 32 heavy (non-hydrogen) atoms. The Morgan fingerprint density at radius 2 is 0.938 bits per heavy atom. The molecule has 0 heterocycles. The van der Waals surface area contributed by atoms with E-state index in [9.17, 15) is 10.2 Å². The minimum absolute atomic E-state index is 0.0188. The van der Waals surface area contributed by atoms with Crippen LogP contribution in [-0.4, -0.2) is 38.7 Å². The van der Waals surface area contributed by atoms with Crippen LogP contribution in [0.1, 0.15) is 25.0 Å². The van der Waals surface area contributed by atoms with Crippen molar-refractivity contribution in [2.45, 2.75) is 13.8 Å². The van der Waals surface area contributed by atoms with Crippen molar-refractivity contribution in [1.29, 1.82) is 10.5 Å². The number of hydrogen-bond acceptors (Lipinski definition) is 8. The molecule has 0 unspecified atom stereocenters. The molecule has 2 aromatic carbocycles. The SMILES string of the molecule is COc1ccc(/C(C#N)=C(/C)O)cc1OC.COc1ccc(/C(C#N)=C(/C)O)cc1OC. The van der Waals surface area contributed by atoms with Crippen LogP contribution >= 0.6 is 0 Å². The lowest BCUT2D eigenvalue weighted by Gasteiger charge is -2.09. The Bertz CT molecular complexity index is 995. The van der Waals surface area contributed by atoms with Crippen LogP contribution in [0.15, 0.2) is 47.9 Å². The molecule has 0 aliphatic heterocycles. The van der Waals surface area contributed by atoms with Gasteiger partial charge in [-0.15, -0.1) is 0 Å². The summed E-state index contributed by atoms with van der Waals surface area (Å²) in [5, 5.41) is 36.5. The van der Waals surface area contributed by atoms with Gasteiger partial charge >= 0.3 is 0 Å². The van der Waals surface area contributed by atoms with Gasteiger partial charge < -0.3 is 29.2 Å². The molecular formula is C24H26N2O6. The Morgan fingerprint density at radius 1 is 0.625 bits per heavy atom. The number of ether oxygens (including phenoxy) is 4. The van der Waals surface area contributed by atoms with Crippen LogP contribution in [0, 0.1) is 22.7 Å². The molecule has 0 radical (unpaired) electrons. The predicted molar refractivity (Wildman–Crippen MR) is 121 cm³/mol. The Kier molecular flexibility index (Phi) is 9.98. The number of allylic oxidation sites excluding steroid dienone is 4. The van der Waals surface area contributed by atoms with Crippen molar-refractivity contribution >= 4 is 11.1 Å². The van der Waals surface area contributed by atoms with Gasteiger partial charge in [0.2, 0.25) is 0 Å². The van der Waals surface area contributed by atoms with Crippen molar-refractivity contribution in [2.24, 2.45) is 0 Å². The largest absolute Gasteiger partial charge is 0.511 e. The zero-order valence-corrected chi connectivity index (χ0v) is 18.9. The lowest BCUT2D eigenvalue weighted by molar-refractivity contribution is 0.355. The number of rotatable bonds is 6. The van der Waals surface area contributed by atoms with Crippen molar-refractivity contribution in [1.82, 2.24) is 0 Å². The van der Waals surface area contributed by atoms with Crippen LogP contribution in [0.25, 0.3) is 11.1 Å². The van der Waals surface area contributed by atoms with Gasteiger partial charge in [0.15, 0.2) is 23.0 Å². The molecule has 0 fully saturated rings. The lowest BCUT2D eigenvalue weighted by Crippen LogP contribution is -1.93. The highest BCUT2D eigenvalue weighted by molar-refractivity contribution is 5.79. The molecule has 2 rings (SSSR count). The van der Waals surface area contributed by atoms with Crippen LogP contribution in [0.2, 0.25) is 0 Å². The Morgan fingerprint density at radius 3 is 1.16 bits per heavy atom. The van der Waals surface area contributed by atoms with Gasteiger partial charge in [0, 0.05) is 0 Å². The topological polar surface area (TPSA) is 125 Å². The molecule has 8 nitrogen and oxygen atoms in total. The van der Waals surface area contributed by atoms with E-state index in [1.807, 2.05) is 12.1 Å². The van der Waals surface area contributed by atoms with Gasteiger partial charge in [-0.1, -0.05) is 0 Å². The normalized spacial score (nSPS) is 11.4. The number of nitrogens with zero attached hydrogens (tertiary/aromatic N) is 2. The van der Waals surface area contributed by atoms with E-state index in [1.54, 1.807) is 36.4 Å². The van der Waals surface area contributed by atoms with Crippen LogP contribution in [0.4, 0.5) is 0 Å². The van der Waals surface area contributed by atoms with E-state index in [1.165, 1.54) is 42.3 Å². The number of aliphatic hydroxyl groups is 2. The van der Waals surface area contributed by atoms with E-state index in [0.29, 0.717) is 34.1 Å². The first-order valence-corrected chi connectivity index (χ1v) is 9.32. The van der Waals surface area contributed by atoms with E-state index >= 15 is 0 Å². The number of aliphatic hydroxyl groups excluding tert-OH is 2. The third-order valence-electron chi connectivity index (χ3n) is 4.29. The Hall–Kier alpha value is -4.30. The predicted octanol–water partition coefficient (Wildman–Crippen LogP) is 5.03. The highest BCUT2D eigenvalue weighted by atomic mass is 16.5. The third-order valence-corrected chi connectivity index (χ3v) is 4.29. The van der Waals surface area contributed by atoms with Crippen molar-refractivity contribution in [3.8, 4) is 35.1 Å². The molecule has 0 saturated heterocycles. The van der Waals surface area contributed by atoms with E-state index < -0.39 is 0 Å². The zero-order chi connectivity index (χ0) is 24.3. The van der Waals surface area contributed by atoms with Crippen LogP contribution in [-0.2, 0) is 0 Å². The molecule has 0 atom stereocenters. The lowest BCUT2D eigenvalue weighted by atomic mass is 10.1. The van der Waals surface area contributed by atoms with Gasteiger partial charge in [-0.25, -0.2) is 0 Å². The molecule has 2 aromatic rings. The first kappa shape index (κ1) is 25.7. The summed E-state index contributed by atoms with van der Waals surface area (Å²) in [6.45, 7) is 2.94. The first-order chi connectivity index (χ1) is 15.3. The Balaban J connectivity index is 0.000000320. The molecule has 0 saturated carbocycles. The fraction of sp³-hybridized carbons (Fsp3) is 0.250. The molecule has 0 aliphatic rings. The van der Waals surface area contributed by atoms with E-state index in [0.717, 1.165) is 0 Å². The van der Waals surface area contributed by atoms with Gasteiger partial charge in [-0.2, -0.15) is 10.5 Å². The molecule has 0 amide bonds. The van der Waals surface area contributed by atoms with Gasteiger partial charge in [0.1, 0.15) is 23.7 Å². The van der Waals surface area contributed by atoms with Crippen molar-refractivity contribution in [3.05, 3.63) is 59.0 Å². The van der Waals surface area contributed by atoms with E-state index in [2.05, 4.69) is 0 Å². The van der Waals surface area contributed by atoms with Crippen LogP contribution in [0.5, 0.6) is 23.0 Å². The highest BCUT2D eigenvalue weighted by Crippen LogP contribution is 2.31. The smallest absolute Gasteiger partial charge is 0.161 e. The first-order valence-electron chi connectivity index (χ1n) is 9.32. The summed E-state index contributed by atoms with van der Waals surface area (Å²) in [6.07, 6.45) is 0. The van der Waals surface area contributed by atoms with Gasteiger partial charge in [-0.05, 0) is 61.4 Å². The summed E-state index contributed by atoms with van der Waals surface area (Å²) < 4.78 is 20.4. The summed E-state index contributed by atoms with van der Waals surface area (Å²) >= 11 is 0. The maximum atomic E-state index is 9.34.